The van der Waals surface area contributed by atoms with Crippen LogP contribution in [-0.2, 0) is 4.79 Å². The van der Waals surface area contributed by atoms with E-state index < -0.39 is 11.8 Å². The zero-order chi connectivity index (χ0) is 19.8. The molecule has 6 nitrogen and oxygen atoms in total. The number of rotatable bonds is 7. The molecule has 0 saturated carbocycles. The van der Waals surface area contributed by atoms with Crippen molar-refractivity contribution in [3.8, 4) is 0 Å². The van der Waals surface area contributed by atoms with Crippen molar-refractivity contribution in [3.63, 3.8) is 0 Å². The number of benzene rings is 2. The van der Waals surface area contributed by atoms with E-state index in [0.29, 0.717) is 34.9 Å². The van der Waals surface area contributed by atoms with Gasteiger partial charge in [0.2, 0.25) is 5.91 Å². The zero-order valence-corrected chi connectivity index (χ0v) is 16.0. The number of carbonyl (C=O) groups excluding carboxylic acids is 3. The molecule has 0 fully saturated rings. The fraction of sp³-hybridized carbons (Fsp3) is 0.250. The number of anilines is 1. The van der Waals surface area contributed by atoms with Gasteiger partial charge in [-0.2, -0.15) is 0 Å². The highest BCUT2D eigenvalue weighted by molar-refractivity contribution is 6.33. The summed E-state index contributed by atoms with van der Waals surface area (Å²) in [5.74, 6) is -0.924. The van der Waals surface area contributed by atoms with Crippen LogP contribution in [0.5, 0.6) is 0 Å². The highest BCUT2D eigenvalue weighted by Crippen LogP contribution is 2.15. The number of halogens is 1. The third kappa shape index (κ3) is 5.56. The maximum absolute atomic E-state index is 12.4. The van der Waals surface area contributed by atoms with Gasteiger partial charge in [0.05, 0.1) is 17.1 Å². The number of nitrogens with one attached hydrogen (secondary N) is 2. The first-order valence-electron chi connectivity index (χ1n) is 8.68. The average Bonchev–Trinajstić information content (AvgIpc) is 2.67. The lowest BCUT2D eigenvalue weighted by molar-refractivity contribution is -0.115. The minimum atomic E-state index is -0.429. The molecular weight excluding hydrogens is 366 g/mol. The topological polar surface area (TPSA) is 78.5 Å². The molecule has 2 aromatic rings. The Balaban J connectivity index is 1.96. The SMILES string of the molecule is CCN(CC)C(=O)c1cccc(NC(=O)CNC(=O)c2ccccc2Cl)c1. The number of hydrogen-bond donors (Lipinski definition) is 2. The molecule has 0 heterocycles. The molecule has 2 aromatic carbocycles. The van der Waals surface area contributed by atoms with E-state index in [1.165, 1.54) is 0 Å². The molecule has 0 aliphatic carbocycles. The first-order chi connectivity index (χ1) is 13.0. The third-order valence-corrected chi connectivity index (χ3v) is 4.30. The molecule has 0 unspecified atom stereocenters. The van der Waals surface area contributed by atoms with Gasteiger partial charge in [-0.25, -0.2) is 0 Å². The van der Waals surface area contributed by atoms with E-state index in [-0.39, 0.29) is 12.5 Å². The molecule has 7 heteroatoms. The van der Waals surface area contributed by atoms with E-state index in [4.69, 9.17) is 11.6 Å². The summed E-state index contributed by atoms with van der Waals surface area (Å²) in [6, 6.07) is 13.3. The molecule has 0 bridgehead atoms. The van der Waals surface area contributed by atoms with Crippen molar-refractivity contribution in [2.75, 3.05) is 25.0 Å². The number of amides is 3. The Morgan fingerprint density at radius 1 is 1.00 bits per heavy atom. The van der Waals surface area contributed by atoms with Gasteiger partial charge in [0.25, 0.3) is 11.8 Å². The summed E-state index contributed by atoms with van der Waals surface area (Å²) < 4.78 is 0. The van der Waals surface area contributed by atoms with Gasteiger partial charge in [0.1, 0.15) is 0 Å². The molecule has 0 saturated heterocycles. The molecule has 0 aromatic heterocycles. The van der Waals surface area contributed by atoms with E-state index in [2.05, 4.69) is 10.6 Å². The van der Waals surface area contributed by atoms with Crippen LogP contribution in [0.15, 0.2) is 48.5 Å². The molecule has 27 heavy (non-hydrogen) atoms. The van der Waals surface area contributed by atoms with Crippen LogP contribution in [0.2, 0.25) is 5.02 Å². The van der Waals surface area contributed by atoms with Gasteiger partial charge in [-0.05, 0) is 44.2 Å². The Morgan fingerprint density at radius 2 is 1.70 bits per heavy atom. The highest BCUT2D eigenvalue weighted by atomic mass is 35.5. The summed E-state index contributed by atoms with van der Waals surface area (Å²) in [6.07, 6.45) is 0. The van der Waals surface area contributed by atoms with Crippen LogP contribution in [0.4, 0.5) is 5.69 Å². The Morgan fingerprint density at radius 3 is 2.37 bits per heavy atom. The molecule has 0 aliphatic heterocycles. The van der Waals surface area contributed by atoms with Crippen molar-refractivity contribution < 1.29 is 14.4 Å². The van der Waals surface area contributed by atoms with Crippen molar-refractivity contribution in [1.82, 2.24) is 10.2 Å². The van der Waals surface area contributed by atoms with Gasteiger partial charge in [-0.15, -0.1) is 0 Å². The van der Waals surface area contributed by atoms with Gasteiger partial charge in [-0.1, -0.05) is 29.8 Å². The quantitative estimate of drug-likeness (QED) is 0.765. The Kier molecular flexibility index (Phi) is 7.37. The van der Waals surface area contributed by atoms with Crippen molar-refractivity contribution in [3.05, 3.63) is 64.7 Å². The lowest BCUT2D eigenvalue weighted by atomic mass is 10.1. The van der Waals surface area contributed by atoms with Crippen molar-refractivity contribution in [1.29, 1.82) is 0 Å². The fourth-order valence-corrected chi connectivity index (χ4v) is 2.75. The summed E-state index contributed by atoms with van der Waals surface area (Å²) in [7, 11) is 0. The maximum Gasteiger partial charge on any atom is 0.253 e. The number of carbonyl (C=O) groups is 3. The minimum Gasteiger partial charge on any atom is -0.343 e. The molecule has 3 amide bonds. The van der Waals surface area contributed by atoms with E-state index in [1.807, 2.05) is 13.8 Å². The first kappa shape index (κ1) is 20.5. The minimum absolute atomic E-state index is 0.0943. The Bertz CT molecular complexity index is 835. The standard InChI is InChI=1S/C20H22ClN3O3/c1-3-24(4-2)20(27)14-8-7-9-15(12-14)23-18(25)13-22-19(26)16-10-5-6-11-17(16)21/h5-12H,3-4,13H2,1-2H3,(H,22,26)(H,23,25). The second kappa shape index (κ2) is 9.73. The molecule has 142 valence electrons. The lowest BCUT2D eigenvalue weighted by Crippen LogP contribution is -2.33. The van der Waals surface area contributed by atoms with Crippen LogP contribution in [-0.4, -0.2) is 42.3 Å². The number of nitrogens with zero attached hydrogens (tertiary/aromatic N) is 1. The lowest BCUT2D eigenvalue weighted by Gasteiger charge is -2.19. The van der Waals surface area contributed by atoms with Gasteiger partial charge >= 0.3 is 0 Å². The van der Waals surface area contributed by atoms with E-state index >= 15 is 0 Å². The van der Waals surface area contributed by atoms with Crippen molar-refractivity contribution in [2.45, 2.75) is 13.8 Å². The summed E-state index contributed by atoms with van der Waals surface area (Å²) in [4.78, 5) is 38.3. The molecule has 2 rings (SSSR count). The second-order valence-corrected chi connectivity index (χ2v) is 6.18. The number of hydrogen-bond acceptors (Lipinski definition) is 3. The zero-order valence-electron chi connectivity index (χ0n) is 15.3. The third-order valence-electron chi connectivity index (χ3n) is 3.97. The molecular formula is C20H22ClN3O3. The van der Waals surface area contributed by atoms with E-state index in [0.717, 1.165) is 0 Å². The van der Waals surface area contributed by atoms with Crippen LogP contribution in [0.1, 0.15) is 34.6 Å². The van der Waals surface area contributed by atoms with E-state index in [1.54, 1.807) is 53.4 Å². The highest BCUT2D eigenvalue weighted by Gasteiger charge is 2.14. The summed E-state index contributed by atoms with van der Waals surface area (Å²) >= 11 is 5.96. The second-order valence-electron chi connectivity index (χ2n) is 5.77. The van der Waals surface area contributed by atoms with Crippen LogP contribution in [0.3, 0.4) is 0 Å². The van der Waals surface area contributed by atoms with Crippen LogP contribution in [0, 0.1) is 0 Å². The van der Waals surface area contributed by atoms with Crippen LogP contribution in [0.25, 0.3) is 0 Å². The van der Waals surface area contributed by atoms with Gasteiger partial charge in [0, 0.05) is 24.3 Å². The van der Waals surface area contributed by atoms with Crippen molar-refractivity contribution >= 4 is 35.0 Å². The van der Waals surface area contributed by atoms with Crippen LogP contribution < -0.4 is 10.6 Å². The Hall–Kier alpha value is -2.86. The predicted molar refractivity (Wildman–Crippen MR) is 106 cm³/mol. The van der Waals surface area contributed by atoms with Crippen molar-refractivity contribution in [2.24, 2.45) is 0 Å². The van der Waals surface area contributed by atoms with Gasteiger partial charge in [0.15, 0.2) is 0 Å². The normalized spacial score (nSPS) is 10.2. The van der Waals surface area contributed by atoms with E-state index in [9.17, 15) is 14.4 Å². The smallest absolute Gasteiger partial charge is 0.253 e. The molecule has 0 atom stereocenters. The molecule has 0 spiro atoms. The largest absolute Gasteiger partial charge is 0.343 e. The summed E-state index contributed by atoms with van der Waals surface area (Å²) in [6.45, 7) is 4.83. The van der Waals surface area contributed by atoms with Gasteiger partial charge < -0.3 is 15.5 Å². The molecule has 2 N–H and O–H groups in total. The summed E-state index contributed by atoms with van der Waals surface area (Å²) in [5.41, 5.74) is 1.29. The molecule has 0 aliphatic rings. The molecule has 0 radical (unpaired) electrons. The maximum atomic E-state index is 12.4. The van der Waals surface area contributed by atoms with Gasteiger partial charge in [-0.3, -0.25) is 14.4 Å². The summed E-state index contributed by atoms with van der Waals surface area (Å²) in [5, 5.41) is 5.52. The van der Waals surface area contributed by atoms with Crippen LogP contribution >= 0.6 is 11.6 Å². The monoisotopic (exact) mass is 387 g/mol. The Labute approximate surface area is 163 Å². The average molecular weight is 388 g/mol. The predicted octanol–water partition coefficient (Wildman–Crippen LogP) is 3.19. The fourth-order valence-electron chi connectivity index (χ4n) is 2.53. The first-order valence-corrected chi connectivity index (χ1v) is 9.06.